The van der Waals surface area contributed by atoms with Gasteiger partial charge in [0.05, 0.1) is 16.9 Å². The molecule has 0 unspecified atom stereocenters. The lowest BCUT2D eigenvalue weighted by Crippen LogP contribution is -2.02. The quantitative estimate of drug-likeness (QED) is 0.862. The molecule has 0 saturated heterocycles. The minimum absolute atomic E-state index is 0.479. The van der Waals surface area contributed by atoms with Crippen LogP contribution in [-0.2, 0) is 0 Å². The minimum Gasteiger partial charge on any atom is -0.439 e. The molecule has 0 aromatic carbocycles. The summed E-state index contributed by atoms with van der Waals surface area (Å²) in [5.74, 6) is 0.544. The van der Waals surface area contributed by atoms with E-state index in [9.17, 15) is 0 Å². The molecule has 0 bridgehead atoms. The predicted molar refractivity (Wildman–Crippen MR) is 66.6 cm³/mol. The number of nitrogens with zero attached hydrogens (tertiary/aromatic N) is 3. The third-order valence-electron chi connectivity index (χ3n) is 1.83. The number of aryl methyl sites for hydroxylation is 1. The van der Waals surface area contributed by atoms with E-state index in [-0.39, 0.29) is 0 Å². The van der Waals surface area contributed by atoms with Crippen LogP contribution in [0.2, 0.25) is 5.02 Å². The molecule has 2 heterocycles. The number of oxazole rings is 1. The Labute approximate surface area is 108 Å². The lowest BCUT2D eigenvalue weighted by atomic mass is 10.6. The highest BCUT2D eigenvalue weighted by atomic mass is 35.5. The van der Waals surface area contributed by atoms with Gasteiger partial charge in [0.1, 0.15) is 11.3 Å². The zero-order chi connectivity index (χ0) is 12.3. The summed E-state index contributed by atoms with van der Waals surface area (Å²) in [4.78, 5) is 12.5. The highest BCUT2D eigenvalue weighted by molar-refractivity contribution is 7.99. The third kappa shape index (κ3) is 3.10. The number of anilines is 1. The molecular formula is C10H11ClN4OS. The van der Waals surface area contributed by atoms with Crippen molar-refractivity contribution >= 4 is 29.3 Å². The highest BCUT2D eigenvalue weighted by Crippen LogP contribution is 2.31. The number of hydrogen-bond donors (Lipinski definition) is 1. The van der Waals surface area contributed by atoms with E-state index in [2.05, 4.69) is 20.3 Å². The largest absolute Gasteiger partial charge is 0.439 e. The Morgan fingerprint density at radius 2 is 2.29 bits per heavy atom. The van der Waals surface area contributed by atoms with Gasteiger partial charge in [0.25, 0.3) is 5.22 Å². The van der Waals surface area contributed by atoms with Crippen LogP contribution in [0.1, 0.15) is 12.6 Å². The van der Waals surface area contributed by atoms with E-state index >= 15 is 0 Å². The molecule has 2 rings (SSSR count). The molecule has 0 aliphatic rings. The average Bonchev–Trinajstić information content (AvgIpc) is 2.69. The maximum absolute atomic E-state index is 6.01. The standard InChI is InChI=1S/C10H11ClN4OS/c1-3-12-9-13-4-7(11)8(15-9)17-10-14-6(2)5-16-10/h4-5H,3H2,1-2H3,(H,12,13,15). The zero-order valence-corrected chi connectivity index (χ0v) is 11.0. The number of nitrogens with one attached hydrogen (secondary N) is 1. The summed E-state index contributed by atoms with van der Waals surface area (Å²) in [5, 5.41) is 4.64. The first kappa shape index (κ1) is 12.2. The fourth-order valence-corrected chi connectivity index (χ4v) is 2.07. The molecule has 0 spiro atoms. The molecule has 2 aromatic heterocycles. The summed E-state index contributed by atoms with van der Waals surface area (Å²) in [6.07, 6.45) is 3.15. The van der Waals surface area contributed by atoms with E-state index in [4.69, 9.17) is 16.0 Å². The second-order valence-electron chi connectivity index (χ2n) is 3.23. The van der Waals surface area contributed by atoms with E-state index < -0.39 is 0 Å². The summed E-state index contributed by atoms with van der Waals surface area (Å²) >= 11 is 7.28. The minimum atomic E-state index is 0.479. The number of aromatic nitrogens is 3. The molecule has 0 amide bonds. The van der Waals surface area contributed by atoms with Gasteiger partial charge in [-0.05, 0) is 25.6 Å². The second kappa shape index (κ2) is 5.37. The SMILES string of the molecule is CCNc1ncc(Cl)c(Sc2nc(C)co2)n1. The molecule has 0 aliphatic heterocycles. The first-order chi connectivity index (χ1) is 8.19. The Morgan fingerprint density at radius 1 is 1.47 bits per heavy atom. The van der Waals surface area contributed by atoms with Crippen LogP contribution in [0.15, 0.2) is 27.1 Å². The summed E-state index contributed by atoms with van der Waals surface area (Å²) < 4.78 is 5.24. The Kier molecular flexibility index (Phi) is 3.86. The smallest absolute Gasteiger partial charge is 0.262 e. The van der Waals surface area contributed by atoms with Crippen molar-refractivity contribution in [3.63, 3.8) is 0 Å². The van der Waals surface area contributed by atoms with Gasteiger partial charge in [-0.3, -0.25) is 0 Å². The number of halogens is 1. The average molecular weight is 271 g/mol. The Hall–Kier alpha value is -1.27. The van der Waals surface area contributed by atoms with E-state index in [1.807, 2.05) is 13.8 Å². The van der Waals surface area contributed by atoms with Crippen LogP contribution >= 0.6 is 23.4 Å². The molecule has 5 nitrogen and oxygen atoms in total. The van der Waals surface area contributed by atoms with Crippen LogP contribution in [0.25, 0.3) is 0 Å². The fraction of sp³-hybridized carbons (Fsp3) is 0.300. The first-order valence-electron chi connectivity index (χ1n) is 5.05. The maximum Gasteiger partial charge on any atom is 0.262 e. The normalized spacial score (nSPS) is 10.5. The molecule has 2 aromatic rings. The van der Waals surface area contributed by atoms with Gasteiger partial charge in [-0.15, -0.1) is 0 Å². The van der Waals surface area contributed by atoms with Gasteiger partial charge in [0, 0.05) is 6.54 Å². The summed E-state index contributed by atoms with van der Waals surface area (Å²) in [7, 11) is 0. The van der Waals surface area contributed by atoms with E-state index in [0.717, 1.165) is 12.2 Å². The van der Waals surface area contributed by atoms with Crippen molar-refractivity contribution in [1.29, 1.82) is 0 Å². The van der Waals surface area contributed by atoms with E-state index in [1.54, 1.807) is 12.5 Å². The van der Waals surface area contributed by atoms with Crippen molar-refractivity contribution in [1.82, 2.24) is 15.0 Å². The van der Waals surface area contributed by atoms with Crippen molar-refractivity contribution in [3.8, 4) is 0 Å². The molecule has 1 N–H and O–H groups in total. The van der Waals surface area contributed by atoms with E-state index in [1.165, 1.54) is 11.8 Å². The Morgan fingerprint density at radius 3 is 2.94 bits per heavy atom. The molecule has 0 saturated carbocycles. The van der Waals surface area contributed by atoms with Crippen LogP contribution < -0.4 is 5.32 Å². The van der Waals surface area contributed by atoms with Gasteiger partial charge in [-0.1, -0.05) is 11.6 Å². The monoisotopic (exact) mass is 270 g/mol. The third-order valence-corrected chi connectivity index (χ3v) is 3.08. The Balaban J connectivity index is 2.22. The highest BCUT2D eigenvalue weighted by Gasteiger charge is 2.10. The van der Waals surface area contributed by atoms with Gasteiger partial charge in [0.2, 0.25) is 5.95 Å². The van der Waals surface area contributed by atoms with Crippen LogP contribution in [-0.4, -0.2) is 21.5 Å². The molecule has 0 atom stereocenters. The maximum atomic E-state index is 6.01. The van der Waals surface area contributed by atoms with Gasteiger partial charge in [-0.2, -0.15) is 0 Å². The zero-order valence-electron chi connectivity index (χ0n) is 9.40. The first-order valence-corrected chi connectivity index (χ1v) is 6.25. The summed E-state index contributed by atoms with van der Waals surface area (Å²) in [6, 6.07) is 0. The predicted octanol–water partition coefficient (Wildman–Crippen LogP) is 3.01. The summed E-state index contributed by atoms with van der Waals surface area (Å²) in [6.45, 7) is 4.59. The van der Waals surface area contributed by atoms with Gasteiger partial charge >= 0.3 is 0 Å². The molecule has 90 valence electrons. The van der Waals surface area contributed by atoms with Gasteiger partial charge in [0.15, 0.2) is 0 Å². The lowest BCUT2D eigenvalue weighted by molar-refractivity contribution is 0.454. The Bertz CT molecular complexity index is 517. The fourth-order valence-electron chi connectivity index (χ4n) is 1.13. The number of rotatable bonds is 4. The van der Waals surface area contributed by atoms with Crippen LogP contribution in [0.5, 0.6) is 0 Å². The topological polar surface area (TPSA) is 63.8 Å². The number of hydrogen-bond acceptors (Lipinski definition) is 6. The molecule has 0 radical (unpaired) electrons. The molecule has 17 heavy (non-hydrogen) atoms. The molecule has 7 heteroatoms. The van der Waals surface area contributed by atoms with Gasteiger partial charge in [-0.25, -0.2) is 15.0 Å². The second-order valence-corrected chi connectivity index (χ2v) is 4.58. The summed E-state index contributed by atoms with van der Waals surface area (Å²) in [5.41, 5.74) is 0.824. The van der Waals surface area contributed by atoms with Gasteiger partial charge < -0.3 is 9.73 Å². The van der Waals surface area contributed by atoms with Crippen LogP contribution in [0, 0.1) is 6.92 Å². The van der Waals surface area contributed by atoms with Crippen LogP contribution in [0.3, 0.4) is 0 Å². The van der Waals surface area contributed by atoms with Crippen molar-refractivity contribution in [2.75, 3.05) is 11.9 Å². The molecule has 0 aliphatic carbocycles. The molecule has 0 fully saturated rings. The lowest BCUT2D eigenvalue weighted by Gasteiger charge is -2.04. The van der Waals surface area contributed by atoms with Crippen molar-refractivity contribution in [2.24, 2.45) is 0 Å². The van der Waals surface area contributed by atoms with E-state index in [0.29, 0.717) is 21.2 Å². The molecular weight excluding hydrogens is 260 g/mol. The van der Waals surface area contributed by atoms with Crippen LogP contribution in [0.4, 0.5) is 5.95 Å². The van der Waals surface area contributed by atoms with Crippen molar-refractivity contribution in [3.05, 3.63) is 23.2 Å². The van der Waals surface area contributed by atoms with Crippen molar-refractivity contribution in [2.45, 2.75) is 24.1 Å². The van der Waals surface area contributed by atoms with Crippen molar-refractivity contribution < 1.29 is 4.42 Å².